The number of aliphatic hydroxyl groups is 2. The quantitative estimate of drug-likeness (QED) is 0.738. The molecular formula is C12H25NO2. The van der Waals surface area contributed by atoms with E-state index in [-0.39, 0.29) is 18.6 Å². The molecule has 1 atom stereocenters. The molecule has 0 aromatic rings. The van der Waals surface area contributed by atoms with E-state index in [0.29, 0.717) is 18.0 Å². The summed E-state index contributed by atoms with van der Waals surface area (Å²) in [6, 6.07) is 0.974. The van der Waals surface area contributed by atoms with Crippen LogP contribution in [-0.4, -0.2) is 47.0 Å². The number of aliphatic hydroxyl groups excluding tert-OH is 2. The first-order valence-corrected chi connectivity index (χ1v) is 5.93. The third-order valence-corrected chi connectivity index (χ3v) is 3.69. The lowest BCUT2D eigenvalue weighted by atomic mass is 9.85. The highest BCUT2D eigenvalue weighted by atomic mass is 16.3. The molecule has 0 bridgehead atoms. The normalized spacial score (nSPS) is 26.8. The van der Waals surface area contributed by atoms with Crippen LogP contribution in [-0.2, 0) is 0 Å². The predicted molar refractivity (Wildman–Crippen MR) is 61.7 cm³/mol. The van der Waals surface area contributed by atoms with E-state index in [4.69, 9.17) is 0 Å². The Morgan fingerprint density at radius 2 is 1.73 bits per heavy atom. The van der Waals surface area contributed by atoms with Crippen LogP contribution in [0.3, 0.4) is 0 Å². The molecule has 0 amide bonds. The van der Waals surface area contributed by atoms with Gasteiger partial charge in [-0.3, -0.25) is 4.90 Å². The monoisotopic (exact) mass is 215 g/mol. The molecule has 0 radical (unpaired) electrons. The van der Waals surface area contributed by atoms with Crippen molar-refractivity contribution >= 4 is 0 Å². The van der Waals surface area contributed by atoms with Gasteiger partial charge in [-0.15, -0.1) is 0 Å². The molecule has 15 heavy (non-hydrogen) atoms. The van der Waals surface area contributed by atoms with Gasteiger partial charge in [-0.1, -0.05) is 13.8 Å². The van der Waals surface area contributed by atoms with Crippen molar-refractivity contribution < 1.29 is 10.2 Å². The summed E-state index contributed by atoms with van der Waals surface area (Å²) in [4.78, 5) is 2.41. The Bertz CT molecular complexity index is 182. The van der Waals surface area contributed by atoms with E-state index in [2.05, 4.69) is 32.6 Å². The molecular weight excluding hydrogens is 190 g/mol. The maximum Gasteiger partial charge on any atom is 0.0522 e. The van der Waals surface area contributed by atoms with Crippen molar-refractivity contribution in [1.29, 1.82) is 0 Å². The Morgan fingerprint density at radius 3 is 2.00 bits per heavy atom. The Kier molecular flexibility index (Phi) is 4.15. The molecule has 0 spiro atoms. The SMILES string of the molecule is CC(C)C1CC(CO)(CO)CN1C(C)C. The van der Waals surface area contributed by atoms with E-state index in [1.54, 1.807) is 0 Å². The molecule has 0 aliphatic carbocycles. The topological polar surface area (TPSA) is 43.7 Å². The van der Waals surface area contributed by atoms with Gasteiger partial charge in [0.05, 0.1) is 13.2 Å². The minimum absolute atomic E-state index is 0.0932. The fraction of sp³-hybridized carbons (Fsp3) is 1.00. The molecule has 1 aliphatic heterocycles. The zero-order chi connectivity index (χ0) is 11.6. The van der Waals surface area contributed by atoms with E-state index >= 15 is 0 Å². The van der Waals surface area contributed by atoms with Gasteiger partial charge < -0.3 is 10.2 Å². The second-order valence-corrected chi connectivity index (χ2v) is 5.60. The summed E-state index contributed by atoms with van der Waals surface area (Å²) >= 11 is 0. The molecule has 0 aromatic heterocycles. The number of likely N-dealkylation sites (tertiary alicyclic amines) is 1. The minimum Gasteiger partial charge on any atom is -0.396 e. The molecule has 0 saturated carbocycles. The molecule has 1 aliphatic rings. The summed E-state index contributed by atoms with van der Waals surface area (Å²) in [5.41, 5.74) is -0.279. The highest BCUT2D eigenvalue weighted by Crippen LogP contribution is 2.38. The summed E-state index contributed by atoms with van der Waals surface area (Å²) in [7, 11) is 0. The Labute approximate surface area is 93.1 Å². The molecule has 90 valence electrons. The second-order valence-electron chi connectivity index (χ2n) is 5.60. The van der Waals surface area contributed by atoms with Crippen LogP contribution in [0.25, 0.3) is 0 Å². The third-order valence-electron chi connectivity index (χ3n) is 3.69. The lowest BCUT2D eigenvalue weighted by Gasteiger charge is -2.31. The standard InChI is InChI=1S/C12H25NO2/c1-9(2)11-5-12(7-14,8-15)6-13(11)10(3)4/h9-11,14-15H,5-8H2,1-4H3. The molecule has 1 rings (SSSR count). The van der Waals surface area contributed by atoms with Crippen LogP contribution in [0, 0.1) is 11.3 Å². The third kappa shape index (κ3) is 2.52. The van der Waals surface area contributed by atoms with Gasteiger partial charge in [0.15, 0.2) is 0 Å². The molecule has 1 heterocycles. The van der Waals surface area contributed by atoms with Gasteiger partial charge in [0.2, 0.25) is 0 Å². The van der Waals surface area contributed by atoms with Gasteiger partial charge in [0.25, 0.3) is 0 Å². The Hall–Kier alpha value is -0.120. The van der Waals surface area contributed by atoms with Crippen LogP contribution < -0.4 is 0 Å². The first kappa shape index (κ1) is 12.9. The molecule has 1 saturated heterocycles. The van der Waals surface area contributed by atoms with Crippen LogP contribution >= 0.6 is 0 Å². The summed E-state index contributed by atoms with van der Waals surface area (Å²) < 4.78 is 0. The predicted octanol–water partition coefficient (Wildman–Crippen LogP) is 1.10. The molecule has 3 nitrogen and oxygen atoms in total. The van der Waals surface area contributed by atoms with E-state index in [1.165, 1.54) is 0 Å². The number of hydrogen-bond donors (Lipinski definition) is 2. The zero-order valence-corrected chi connectivity index (χ0v) is 10.4. The first-order chi connectivity index (χ1) is 6.95. The number of rotatable bonds is 4. The van der Waals surface area contributed by atoms with Crippen LogP contribution in [0.2, 0.25) is 0 Å². The van der Waals surface area contributed by atoms with Gasteiger partial charge >= 0.3 is 0 Å². The lowest BCUT2D eigenvalue weighted by Crippen LogP contribution is -2.39. The smallest absolute Gasteiger partial charge is 0.0522 e. The van der Waals surface area contributed by atoms with Crippen molar-refractivity contribution in [1.82, 2.24) is 4.90 Å². The second kappa shape index (κ2) is 4.81. The van der Waals surface area contributed by atoms with Crippen molar-refractivity contribution in [2.24, 2.45) is 11.3 Å². The van der Waals surface area contributed by atoms with E-state index in [9.17, 15) is 10.2 Å². The van der Waals surface area contributed by atoms with Crippen LogP contribution in [0.15, 0.2) is 0 Å². The highest BCUT2D eigenvalue weighted by Gasteiger charge is 2.44. The van der Waals surface area contributed by atoms with E-state index in [1.807, 2.05) is 0 Å². The van der Waals surface area contributed by atoms with Gasteiger partial charge in [0.1, 0.15) is 0 Å². The van der Waals surface area contributed by atoms with Crippen molar-refractivity contribution in [3.05, 3.63) is 0 Å². The summed E-state index contributed by atoms with van der Waals surface area (Å²) in [5, 5.41) is 18.9. The van der Waals surface area contributed by atoms with Crippen molar-refractivity contribution in [3.63, 3.8) is 0 Å². The highest BCUT2D eigenvalue weighted by molar-refractivity contribution is 4.97. The van der Waals surface area contributed by atoms with E-state index < -0.39 is 0 Å². The lowest BCUT2D eigenvalue weighted by molar-refractivity contribution is 0.0582. The molecule has 3 heteroatoms. The average molecular weight is 215 g/mol. The molecule has 0 aromatic carbocycles. The summed E-state index contributed by atoms with van der Waals surface area (Å²) in [5.74, 6) is 0.576. The summed E-state index contributed by atoms with van der Waals surface area (Å²) in [6.07, 6.45) is 0.913. The molecule has 2 N–H and O–H groups in total. The first-order valence-electron chi connectivity index (χ1n) is 5.93. The van der Waals surface area contributed by atoms with Gasteiger partial charge in [-0.25, -0.2) is 0 Å². The fourth-order valence-electron chi connectivity index (χ4n) is 2.59. The van der Waals surface area contributed by atoms with Gasteiger partial charge in [-0.05, 0) is 26.2 Å². The van der Waals surface area contributed by atoms with Crippen LogP contribution in [0.1, 0.15) is 34.1 Å². The fourth-order valence-corrected chi connectivity index (χ4v) is 2.59. The minimum atomic E-state index is -0.279. The van der Waals surface area contributed by atoms with Crippen LogP contribution in [0.4, 0.5) is 0 Å². The Balaban J connectivity index is 2.81. The van der Waals surface area contributed by atoms with Crippen molar-refractivity contribution in [2.45, 2.75) is 46.2 Å². The van der Waals surface area contributed by atoms with Gasteiger partial charge in [-0.2, -0.15) is 0 Å². The van der Waals surface area contributed by atoms with Crippen molar-refractivity contribution in [3.8, 4) is 0 Å². The van der Waals surface area contributed by atoms with E-state index in [0.717, 1.165) is 13.0 Å². The zero-order valence-electron chi connectivity index (χ0n) is 10.4. The number of nitrogens with zero attached hydrogens (tertiary/aromatic N) is 1. The maximum absolute atomic E-state index is 9.43. The average Bonchev–Trinajstić information content (AvgIpc) is 2.58. The van der Waals surface area contributed by atoms with Gasteiger partial charge in [0, 0.05) is 24.0 Å². The largest absolute Gasteiger partial charge is 0.396 e. The summed E-state index contributed by atoms with van der Waals surface area (Å²) in [6.45, 7) is 9.79. The Morgan fingerprint density at radius 1 is 1.20 bits per heavy atom. The molecule has 1 unspecified atom stereocenters. The van der Waals surface area contributed by atoms with Crippen molar-refractivity contribution in [2.75, 3.05) is 19.8 Å². The number of hydrogen-bond acceptors (Lipinski definition) is 3. The van der Waals surface area contributed by atoms with Crippen LogP contribution in [0.5, 0.6) is 0 Å². The molecule has 1 fully saturated rings. The maximum atomic E-state index is 9.43.